The molecule has 7 heteroatoms. The second-order valence-electron chi connectivity index (χ2n) is 9.33. The Morgan fingerprint density at radius 1 is 1.24 bits per heavy atom. The van der Waals surface area contributed by atoms with E-state index in [0.29, 0.717) is 13.2 Å². The molecule has 7 nitrogen and oxygen atoms in total. The smallest absolute Gasteiger partial charge is 0.305 e. The summed E-state index contributed by atoms with van der Waals surface area (Å²) in [6.45, 7) is 2.23. The van der Waals surface area contributed by atoms with Crippen LogP contribution in [-0.2, 0) is 28.9 Å². The van der Waals surface area contributed by atoms with Gasteiger partial charge in [0.2, 0.25) is 5.91 Å². The highest BCUT2D eigenvalue weighted by Crippen LogP contribution is 2.36. The van der Waals surface area contributed by atoms with Gasteiger partial charge in [-0.15, -0.1) is 0 Å². The van der Waals surface area contributed by atoms with Crippen LogP contribution in [0, 0.1) is 5.92 Å². The van der Waals surface area contributed by atoms with E-state index >= 15 is 0 Å². The summed E-state index contributed by atoms with van der Waals surface area (Å²) in [6, 6.07) is 9.70. The molecular weight excluding hydrogens is 418 g/mol. The first kappa shape index (κ1) is 21.7. The number of aryl methyl sites for hydroxylation is 2. The van der Waals surface area contributed by atoms with E-state index in [2.05, 4.69) is 17.4 Å². The molecule has 1 aromatic heterocycles. The number of carboxylic acid groups (broad SMARTS) is 1. The number of aliphatic carboxylic acids is 1. The van der Waals surface area contributed by atoms with Gasteiger partial charge in [0.15, 0.2) is 0 Å². The maximum Gasteiger partial charge on any atom is 0.305 e. The minimum atomic E-state index is -0.898. The lowest BCUT2D eigenvalue weighted by Crippen LogP contribution is -2.33. The van der Waals surface area contributed by atoms with Gasteiger partial charge >= 0.3 is 5.97 Å². The van der Waals surface area contributed by atoms with Crippen molar-refractivity contribution in [2.75, 3.05) is 25.0 Å². The Labute approximate surface area is 194 Å². The molecule has 0 spiro atoms. The fourth-order valence-electron chi connectivity index (χ4n) is 5.34. The van der Waals surface area contributed by atoms with Crippen LogP contribution >= 0.6 is 0 Å². The van der Waals surface area contributed by atoms with Gasteiger partial charge in [-0.3, -0.25) is 9.59 Å². The molecule has 174 valence electrons. The molecule has 3 aliphatic rings. The van der Waals surface area contributed by atoms with Crippen molar-refractivity contribution in [3.05, 3.63) is 52.7 Å². The summed E-state index contributed by atoms with van der Waals surface area (Å²) in [6.07, 6.45) is 6.32. The highest BCUT2D eigenvalue weighted by Gasteiger charge is 2.37. The van der Waals surface area contributed by atoms with E-state index in [1.807, 2.05) is 18.2 Å². The summed E-state index contributed by atoms with van der Waals surface area (Å²) in [7, 11) is 0. The number of hydrogen-bond donors (Lipinski definition) is 2. The van der Waals surface area contributed by atoms with Crippen LogP contribution in [0.1, 0.15) is 60.5 Å². The van der Waals surface area contributed by atoms with E-state index in [4.69, 9.17) is 9.72 Å². The average molecular weight is 450 g/mol. The highest BCUT2D eigenvalue weighted by atomic mass is 16.5. The summed E-state index contributed by atoms with van der Waals surface area (Å²) >= 11 is 0. The molecule has 1 saturated heterocycles. The molecule has 2 N–H and O–H groups in total. The van der Waals surface area contributed by atoms with Crippen molar-refractivity contribution in [2.24, 2.45) is 5.92 Å². The molecule has 0 saturated carbocycles. The Bertz CT molecular complexity index is 1050. The van der Waals surface area contributed by atoms with E-state index in [-0.39, 0.29) is 18.2 Å². The van der Waals surface area contributed by atoms with Gasteiger partial charge in [0.1, 0.15) is 11.6 Å². The first-order chi connectivity index (χ1) is 16.1. The van der Waals surface area contributed by atoms with Gasteiger partial charge < -0.3 is 20.1 Å². The van der Waals surface area contributed by atoms with Crippen LogP contribution in [0.4, 0.5) is 5.82 Å². The van der Waals surface area contributed by atoms with Crippen molar-refractivity contribution in [3.8, 4) is 5.75 Å². The van der Waals surface area contributed by atoms with Crippen LogP contribution in [0.15, 0.2) is 30.3 Å². The zero-order valence-corrected chi connectivity index (χ0v) is 18.9. The Hall–Kier alpha value is -3.09. The maximum absolute atomic E-state index is 13.2. The molecule has 1 amide bonds. The van der Waals surface area contributed by atoms with Crippen LogP contribution in [0.3, 0.4) is 0 Å². The first-order valence-electron chi connectivity index (χ1n) is 12.1. The third kappa shape index (κ3) is 4.68. The van der Waals surface area contributed by atoms with Crippen LogP contribution in [0.5, 0.6) is 5.75 Å². The van der Waals surface area contributed by atoms with Crippen molar-refractivity contribution in [1.29, 1.82) is 0 Å². The second kappa shape index (κ2) is 9.41. The van der Waals surface area contributed by atoms with Crippen molar-refractivity contribution < 1.29 is 19.4 Å². The Balaban J connectivity index is 1.22. The van der Waals surface area contributed by atoms with E-state index in [1.165, 1.54) is 5.56 Å². The third-order valence-corrected chi connectivity index (χ3v) is 7.14. The standard InChI is InChI=1S/C26H31N3O4/c30-24(31)16-22(20-7-6-17-11-14-33-23(17)15-20)29-13-10-19(26(29)32)3-1-5-21-9-8-18-4-2-12-27-25(18)28-21/h6-9,15,19,22H,1-5,10-14,16H2,(H,27,28)(H,30,31)/t19?,22-/m0/s1. The summed E-state index contributed by atoms with van der Waals surface area (Å²) < 4.78 is 5.67. The van der Waals surface area contributed by atoms with Gasteiger partial charge in [-0.05, 0) is 67.3 Å². The second-order valence-corrected chi connectivity index (χ2v) is 9.33. The Morgan fingerprint density at radius 3 is 3.00 bits per heavy atom. The number of anilines is 1. The molecule has 2 atom stereocenters. The number of amides is 1. The number of aromatic nitrogens is 1. The Morgan fingerprint density at radius 2 is 2.12 bits per heavy atom. The van der Waals surface area contributed by atoms with Crippen LogP contribution in [0.2, 0.25) is 0 Å². The molecular formula is C26H31N3O4. The fraction of sp³-hybridized carbons (Fsp3) is 0.500. The molecule has 1 fully saturated rings. The topological polar surface area (TPSA) is 91.8 Å². The number of likely N-dealkylation sites (tertiary alicyclic amines) is 1. The van der Waals surface area contributed by atoms with Gasteiger partial charge in [-0.1, -0.05) is 18.2 Å². The van der Waals surface area contributed by atoms with Gasteiger partial charge in [-0.25, -0.2) is 4.98 Å². The number of carbonyl (C=O) groups is 2. The summed E-state index contributed by atoms with van der Waals surface area (Å²) in [5.74, 6) is 0.949. The van der Waals surface area contributed by atoms with Gasteiger partial charge in [0, 0.05) is 31.1 Å². The Kier molecular flexibility index (Phi) is 6.20. The van der Waals surface area contributed by atoms with E-state index < -0.39 is 12.0 Å². The number of benzene rings is 1. The molecule has 4 heterocycles. The number of ether oxygens (including phenoxy) is 1. The average Bonchev–Trinajstić information content (AvgIpc) is 3.43. The zero-order valence-electron chi connectivity index (χ0n) is 18.9. The molecule has 0 aliphatic carbocycles. The fourth-order valence-corrected chi connectivity index (χ4v) is 5.34. The number of pyridine rings is 1. The largest absolute Gasteiger partial charge is 0.493 e. The minimum Gasteiger partial charge on any atom is -0.493 e. The minimum absolute atomic E-state index is 0.0530. The van der Waals surface area contributed by atoms with Crippen molar-refractivity contribution in [2.45, 2.75) is 57.4 Å². The normalized spacial score (nSPS) is 20.1. The predicted octanol–water partition coefficient (Wildman–Crippen LogP) is 3.76. The zero-order chi connectivity index (χ0) is 22.8. The number of fused-ring (bicyclic) bond motifs is 2. The molecule has 1 aromatic carbocycles. The van der Waals surface area contributed by atoms with Gasteiger partial charge in [-0.2, -0.15) is 0 Å². The number of carbonyl (C=O) groups excluding carboxylic acids is 1. The summed E-state index contributed by atoms with van der Waals surface area (Å²) in [4.78, 5) is 31.4. The van der Waals surface area contributed by atoms with Crippen LogP contribution < -0.4 is 10.1 Å². The van der Waals surface area contributed by atoms with Crippen molar-refractivity contribution >= 4 is 17.7 Å². The quantitative estimate of drug-likeness (QED) is 0.638. The van der Waals surface area contributed by atoms with Gasteiger partial charge in [0.25, 0.3) is 0 Å². The molecule has 0 radical (unpaired) electrons. The highest BCUT2D eigenvalue weighted by molar-refractivity contribution is 5.82. The van der Waals surface area contributed by atoms with Gasteiger partial charge in [0.05, 0.1) is 19.1 Å². The molecule has 0 bridgehead atoms. The first-order valence-corrected chi connectivity index (χ1v) is 12.1. The van der Waals surface area contributed by atoms with E-state index in [9.17, 15) is 14.7 Å². The number of nitrogens with one attached hydrogen (secondary N) is 1. The molecule has 3 aliphatic heterocycles. The predicted molar refractivity (Wildman–Crippen MR) is 124 cm³/mol. The van der Waals surface area contributed by atoms with Crippen molar-refractivity contribution in [3.63, 3.8) is 0 Å². The summed E-state index contributed by atoms with van der Waals surface area (Å²) in [5.41, 5.74) is 4.34. The lowest BCUT2D eigenvalue weighted by Gasteiger charge is -2.28. The molecule has 2 aromatic rings. The number of carboxylic acids is 1. The lowest BCUT2D eigenvalue weighted by atomic mass is 9.98. The molecule has 1 unspecified atom stereocenters. The number of nitrogens with zero attached hydrogens (tertiary/aromatic N) is 2. The van der Waals surface area contributed by atoms with Crippen LogP contribution in [-0.4, -0.2) is 46.6 Å². The lowest BCUT2D eigenvalue weighted by molar-refractivity contribution is -0.140. The summed E-state index contributed by atoms with van der Waals surface area (Å²) in [5, 5.41) is 12.9. The van der Waals surface area contributed by atoms with E-state index in [1.54, 1.807) is 4.90 Å². The monoisotopic (exact) mass is 449 g/mol. The SMILES string of the molecule is O=C(O)C[C@@H](c1ccc2c(c1)OCC2)N1CCC(CCCc2ccc3c(n2)NCCC3)C1=O. The van der Waals surface area contributed by atoms with E-state index in [0.717, 1.165) is 79.9 Å². The molecule has 5 rings (SSSR count). The number of hydrogen-bond acceptors (Lipinski definition) is 5. The molecule has 33 heavy (non-hydrogen) atoms. The number of rotatable bonds is 8. The third-order valence-electron chi connectivity index (χ3n) is 7.14. The van der Waals surface area contributed by atoms with Crippen molar-refractivity contribution in [1.82, 2.24) is 9.88 Å². The maximum atomic E-state index is 13.2. The van der Waals surface area contributed by atoms with Crippen LogP contribution in [0.25, 0.3) is 0 Å².